The predicted molar refractivity (Wildman–Crippen MR) is 122 cm³/mol. The minimum Gasteiger partial charge on any atom is -0.476 e. The van der Waals surface area contributed by atoms with Gasteiger partial charge in [0.25, 0.3) is 5.91 Å². The van der Waals surface area contributed by atoms with Gasteiger partial charge in [-0.1, -0.05) is 19.1 Å². The highest BCUT2D eigenvalue weighted by Gasteiger charge is 2.19. The van der Waals surface area contributed by atoms with Crippen LogP contribution in [-0.2, 0) is 15.9 Å². The molecule has 4 rings (SSSR count). The molecule has 0 bridgehead atoms. The van der Waals surface area contributed by atoms with Crippen LogP contribution in [0.1, 0.15) is 23.0 Å². The molecule has 2 aliphatic rings. The molecule has 0 spiro atoms. The van der Waals surface area contributed by atoms with Gasteiger partial charge in [0, 0.05) is 44.5 Å². The minimum absolute atomic E-state index is 0.282. The van der Waals surface area contributed by atoms with Gasteiger partial charge in [-0.2, -0.15) is 4.98 Å². The average molecular weight is 442 g/mol. The Hall–Kier alpha value is -2.75. The molecule has 3 heterocycles. The lowest BCUT2D eigenvalue weighted by atomic mass is 10.1. The molecule has 1 aromatic heterocycles. The van der Waals surface area contributed by atoms with Crippen LogP contribution in [0.15, 0.2) is 30.3 Å². The molecule has 0 radical (unpaired) electrons. The van der Waals surface area contributed by atoms with Gasteiger partial charge in [0.15, 0.2) is 0 Å². The van der Waals surface area contributed by atoms with Crippen molar-refractivity contribution in [3.63, 3.8) is 0 Å². The summed E-state index contributed by atoms with van der Waals surface area (Å²) >= 11 is 0. The number of ether oxygens (including phenoxy) is 3. The van der Waals surface area contributed by atoms with E-state index in [2.05, 4.69) is 27.1 Å². The van der Waals surface area contributed by atoms with Crippen molar-refractivity contribution in [1.29, 1.82) is 0 Å². The zero-order valence-electron chi connectivity index (χ0n) is 18.6. The highest BCUT2D eigenvalue weighted by molar-refractivity contribution is 6.03. The maximum absolute atomic E-state index is 13.0. The quantitative estimate of drug-likeness (QED) is 0.664. The van der Waals surface area contributed by atoms with Gasteiger partial charge >= 0.3 is 0 Å². The van der Waals surface area contributed by atoms with Crippen molar-refractivity contribution >= 4 is 17.5 Å². The number of nitrogens with one attached hydrogen (secondary N) is 1. The van der Waals surface area contributed by atoms with E-state index in [0.29, 0.717) is 44.7 Å². The van der Waals surface area contributed by atoms with E-state index >= 15 is 0 Å². The summed E-state index contributed by atoms with van der Waals surface area (Å²) in [6.45, 7) is 9.22. The average Bonchev–Trinajstić information content (AvgIpc) is 2.85. The van der Waals surface area contributed by atoms with Crippen LogP contribution in [0.4, 0.5) is 11.6 Å². The first-order valence-electron chi connectivity index (χ1n) is 11.3. The molecule has 1 amide bonds. The number of anilines is 2. The Kier molecular flexibility index (Phi) is 7.87. The standard InChI is InChI=1S/C23H31N5O4/c1-2-18-4-3-5-19(16-18)24-22(29)20-17-21(32-15-8-27-6-11-30-12-7-27)26-23(25-20)28-9-13-31-14-10-28/h3-5,16-17H,2,6-15H2,1H3,(H,24,29). The predicted octanol–water partition coefficient (Wildman–Crippen LogP) is 1.84. The number of aromatic nitrogens is 2. The van der Waals surface area contributed by atoms with Crippen LogP contribution in [0, 0.1) is 0 Å². The summed E-state index contributed by atoms with van der Waals surface area (Å²) in [5.74, 6) is 0.611. The zero-order chi connectivity index (χ0) is 22.2. The number of hydrogen-bond donors (Lipinski definition) is 1. The second-order valence-corrected chi connectivity index (χ2v) is 7.80. The van der Waals surface area contributed by atoms with E-state index in [1.165, 1.54) is 0 Å². The topological polar surface area (TPSA) is 89.0 Å². The third-order valence-electron chi connectivity index (χ3n) is 5.57. The first kappa shape index (κ1) is 22.4. The highest BCUT2D eigenvalue weighted by atomic mass is 16.5. The molecule has 2 aliphatic heterocycles. The van der Waals surface area contributed by atoms with Crippen molar-refractivity contribution < 1.29 is 19.0 Å². The molecule has 2 fully saturated rings. The number of hydrogen-bond acceptors (Lipinski definition) is 8. The van der Waals surface area contributed by atoms with Crippen LogP contribution in [0.5, 0.6) is 5.88 Å². The monoisotopic (exact) mass is 441 g/mol. The Morgan fingerprint density at radius 3 is 2.56 bits per heavy atom. The van der Waals surface area contributed by atoms with E-state index < -0.39 is 0 Å². The first-order chi connectivity index (χ1) is 15.7. The Morgan fingerprint density at radius 2 is 1.81 bits per heavy atom. The lowest BCUT2D eigenvalue weighted by Gasteiger charge is -2.27. The van der Waals surface area contributed by atoms with Gasteiger partial charge in [0.2, 0.25) is 11.8 Å². The van der Waals surface area contributed by atoms with Crippen LogP contribution < -0.4 is 15.0 Å². The van der Waals surface area contributed by atoms with Gasteiger partial charge in [-0.15, -0.1) is 0 Å². The third kappa shape index (κ3) is 6.15. The van der Waals surface area contributed by atoms with E-state index in [4.69, 9.17) is 14.2 Å². The Bertz CT molecular complexity index is 898. The Labute approximate surface area is 188 Å². The molecule has 0 saturated carbocycles. The molecule has 2 saturated heterocycles. The van der Waals surface area contributed by atoms with Gasteiger partial charge in [-0.25, -0.2) is 4.98 Å². The molecular weight excluding hydrogens is 410 g/mol. The fourth-order valence-electron chi connectivity index (χ4n) is 3.68. The molecule has 0 unspecified atom stereocenters. The fourth-order valence-corrected chi connectivity index (χ4v) is 3.68. The lowest BCUT2D eigenvalue weighted by Crippen LogP contribution is -2.39. The smallest absolute Gasteiger partial charge is 0.274 e. The number of carbonyl (C=O) groups is 1. The summed E-state index contributed by atoms with van der Waals surface area (Å²) in [7, 11) is 0. The summed E-state index contributed by atoms with van der Waals surface area (Å²) in [4.78, 5) is 26.4. The number of carbonyl (C=O) groups excluding carboxylic acids is 1. The summed E-state index contributed by atoms with van der Waals surface area (Å²) < 4.78 is 16.8. The molecule has 1 aromatic carbocycles. The number of rotatable bonds is 8. The number of amides is 1. The molecule has 0 atom stereocenters. The van der Waals surface area contributed by atoms with Crippen molar-refractivity contribution in [3.05, 3.63) is 41.6 Å². The first-order valence-corrected chi connectivity index (χ1v) is 11.3. The SMILES string of the molecule is CCc1cccc(NC(=O)c2cc(OCCN3CCOCC3)nc(N3CCOCC3)n2)c1. The van der Waals surface area contributed by atoms with Gasteiger partial charge in [0.1, 0.15) is 12.3 Å². The van der Waals surface area contributed by atoms with E-state index in [0.717, 1.165) is 50.5 Å². The van der Waals surface area contributed by atoms with Gasteiger partial charge in [-0.05, 0) is 24.1 Å². The largest absolute Gasteiger partial charge is 0.476 e. The maximum Gasteiger partial charge on any atom is 0.274 e. The number of aryl methyl sites for hydroxylation is 1. The van der Waals surface area contributed by atoms with Crippen molar-refractivity contribution in [1.82, 2.24) is 14.9 Å². The van der Waals surface area contributed by atoms with Crippen molar-refractivity contribution in [3.8, 4) is 5.88 Å². The van der Waals surface area contributed by atoms with Crippen molar-refractivity contribution in [2.45, 2.75) is 13.3 Å². The number of nitrogens with zero attached hydrogens (tertiary/aromatic N) is 4. The van der Waals surface area contributed by atoms with Crippen LogP contribution in [0.2, 0.25) is 0 Å². The van der Waals surface area contributed by atoms with Gasteiger partial charge < -0.3 is 24.4 Å². The van der Waals surface area contributed by atoms with E-state index in [9.17, 15) is 4.79 Å². The maximum atomic E-state index is 13.0. The normalized spacial score (nSPS) is 17.2. The van der Waals surface area contributed by atoms with E-state index in [-0.39, 0.29) is 11.6 Å². The molecule has 9 nitrogen and oxygen atoms in total. The van der Waals surface area contributed by atoms with Crippen molar-refractivity contribution in [2.75, 3.05) is 76.0 Å². The van der Waals surface area contributed by atoms with Crippen molar-refractivity contribution in [2.24, 2.45) is 0 Å². The summed E-state index contributed by atoms with van der Waals surface area (Å²) in [5, 5.41) is 2.95. The fraction of sp³-hybridized carbons (Fsp3) is 0.522. The Balaban J connectivity index is 1.48. The van der Waals surface area contributed by atoms with E-state index in [1.54, 1.807) is 6.07 Å². The summed E-state index contributed by atoms with van der Waals surface area (Å²) in [5.41, 5.74) is 2.19. The highest BCUT2D eigenvalue weighted by Crippen LogP contribution is 2.19. The molecule has 172 valence electrons. The number of benzene rings is 1. The molecule has 0 aliphatic carbocycles. The van der Waals surface area contributed by atoms with Crippen LogP contribution >= 0.6 is 0 Å². The molecule has 9 heteroatoms. The van der Waals surface area contributed by atoms with Crippen LogP contribution in [0.25, 0.3) is 0 Å². The van der Waals surface area contributed by atoms with Gasteiger partial charge in [0.05, 0.1) is 26.4 Å². The Morgan fingerprint density at radius 1 is 1.06 bits per heavy atom. The zero-order valence-corrected chi connectivity index (χ0v) is 18.6. The van der Waals surface area contributed by atoms with E-state index in [1.807, 2.05) is 29.2 Å². The van der Waals surface area contributed by atoms with Crippen LogP contribution in [-0.4, -0.2) is 86.5 Å². The minimum atomic E-state index is -0.284. The second kappa shape index (κ2) is 11.2. The van der Waals surface area contributed by atoms with Crippen LogP contribution in [0.3, 0.4) is 0 Å². The molecule has 1 N–H and O–H groups in total. The molecule has 32 heavy (non-hydrogen) atoms. The molecule has 2 aromatic rings. The lowest BCUT2D eigenvalue weighted by molar-refractivity contribution is 0.0320. The van der Waals surface area contributed by atoms with Gasteiger partial charge in [-0.3, -0.25) is 9.69 Å². The third-order valence-corrected chi connectivity index (χ3v) is 5.57. The second-order valence-electron chi connectivity index (χ2n) is 7.80. The summed E-state index contributed by atoms with van der Waals surface area (Å²) in [6.07, 6.45) is 0.902. The molecular formula is C23H31N5O4. The number of morpholine rings is 2. The summed E-state index contributed by atoms with van der Waals surface area (Å²) in [6, 6.07) is 9.44.